The first-order valence-electron chi connectivity index (χ1n) is 7.32. The first-order chi connectivity index (χ1) is 11.3. The highest BCUT2D eigenvalue weighted by atomic mass is 16.5. The van der Waals surface area contributed by atoms with Crippen LogP contribution in [0.5, 0.6) is 5.75 Å². The van der Waals surface area contributed by atoms with Gasteiger partial charge in [-0.15, -0.1) is 5.10 Å². The van der Waals surface area contributed by atoms with Gasteiger partial charge in [0, 0.05) is 0 Å². The monoisotopic (exact) mass is 304 g/mol. The summed E-state index contributed by atoms with van der Waals surface area (Å²) in [6, 6.07) is 19.8. The fourth-order valence-electron chi connectivity index (χ4n) is 2.23. The summed E-state index contributed by atoms with van der Waals surface area (Å²) in [5, 5.41) is 17.2. The second-order valence-electron chi connectivity index (χ2n) is 5.24. The minimum Gasteiger partial charge on any atom is -0.487 e. The Morgan fingerprint density at radius 2 is 1.83 bits per heavy atom. The van der Waals surface area contributed by atoms with E-state index in [4.69, 9.17) is 4.74 Å². The quantitative estimate of drug-likeness (QED) is 0.726. The van der Waals surface area contributed by atoms with Crippen molar-refractivity contribution in [3.63, 3.8) is 0 Å². The van der Waals surface area contributed by atoms with Gasteiger partial charge in [0.1, 0.15) is 24.1 Å². The Morgan fingerprint density at radius 3 is 2.52 bits per heavy atom. The van der Waals surface area contributed by atoms with E-state index in [1.807, 2.05) is 61.5 Å². The van der Waals surface area contributed by atoms with Crippen LogP contribution in [0.4, 0.5) is 0 Å². The van der Waals surface area contributed by atoms with Gasteiger partial charge < -0.3 is 4.74 Å². The van der Waals surface area contributed by atoms with Crippen molar-refractivity contribution in [1.82, 2.24) is 15.0 Å². The largest absolute Gasteiger partial charge is 0.487 e. The van der Waals surface area contributed by atoms with Crippen LogP contribution in [0.15, 0.2) is 54.6 Å². The number of aromatic nitrogens is 3. The van der Waals surface area contributed by atoms with Gasteiger partial charge in [0.25, 0.3) is 0 Å². The summed E-state index contributed by atoms with van der Waals surface area (Å²) in [4.78, 5) is 0. The van der Waals surface area contributed by atoms with E-state index in [0.29, 0.717) is 17.9 Å². The van der Waals surface area contributed by atoms with Crippen LogP contribution >= 0.6 is 0 Å². The Kier molecular flexibility index (Phi) is 4.34. The predicted molar refractivity (Wildman–Crippen MR) is 85.8 cm³/mol. The smallest absolute Gasteiger partial charge is 0.189 e. The maximum Gasteiger partial charge on any atom is 0.189 e. The van der Waals surface area contributed by atoms with Gasteiger partial charge in [0.05, 0.1) is 6.54 Å². The normalized spacial score (nSPS) is 10.3. The third-order valence-corrected chi connectivity index (χ3v) is 3.52. The van der Waals surface area contributed by atoms with E-state index >= 15 is 0 Å². The molecule has 5 heteroatoms. The third-order valence-electron chi connectivity index (χ3n) is 3.52. The van der Waals surface area contributed by atoms with Gasteiger partial charge in [-0.2, -0.15) is 5.26 Å². The molecule has 2 aromatic carbocycles. The van der Waals surface area contributed by atoms with Crippen LogP contribution in [0, 0.1) is 18.3 Å². The molecule has 0 radical (unpaired) electrons. The molecule has 0 aliphatic heterocycles. The zero-order chi connectivity index (χ0) is 16.1. The number of aryl methyl sites for hydroxylation is 1. The molecule has 0 spiro atoms. The van der Waals surface area contributed by atoms with Gasteiger partial charge in [0.15, 0.2) is 5.69 Å². The zero-order valence-corrected chi connectivity index (χ0v) is 12.8. The van der Waals surface area contributed by atoms with Crippen LogP contribution in [0.2, 0.25) is 0 Å². The Morgan fingerprint density at radius 1 is 1.09 bits per heavy atom. The number of nitrogens with zero attached hydrogens (tertiary/aromatic N) is 4. The summed E-state index contributed by atoms with van der Waals surface area (Å²) in [5.41, 5.74) is 3.24. The van der Waals surface area contributed by atoms with E-state index in [-0.39, 0.29) is 6.61 Å². The summed E-state index contributed by atoms with van der Waals surface area (Å²) in [6.45, 7) is 2.84. The lowest BCUT2D eigenvalue weighted by Crippen LogP contribution is -2.10. The molecule has 0 unspecified atom stereocenters. The third kappa shape index (κ3) is 3.55. The molecule has 0 atom stereocenters. The van der Waals surface area contributed by atoms with E-state index in [2.05, 4.69) is 16.4 Å². The van der Waals surface area contributed by atoms with Crippen LogP contribution in [0.25, 0.3) is 0 Å². The maximum atomic E-state index is 9.21. The zero-order valence-electron chi connectivity index (χ0n) is 12.8. The van der Waals surface area contributed by atoms with Crippen molar-refractivity contribution in [2.75, 3.05) is 0 Å². The van der Waals surface area contributed by atoms with Crippen LogP contribution in [-0.4, -0.2) is 15.0 Å². The Balaban J connectivity index is 1.79. The second-order valence-corrected chi connectivity index (χ2v) is 5.24. The number of rotatable bonds is 5. The molecule has 3 aromatic rings. The average Bonchev–Trinajstić information content (AvgIpc) is 2.97. The van der Waals surface area contributed by atoms with Crippen molar-refractivity contribution in [2.45, 2.75) is 20.1 Å². The van der Waals surface area contributed by atoms with Gasteiger partial charge in [0.2, 0.25) is 0 Å². The molecule has 1 heterocycles. The molecule has 0 amide bonds. The molecule has 114 valence electrons. The summed E-state index contributed by atoms with van der Waals surface area (Å²) in [5.74, 6) is 0.756. The van der Waals surface area contributed by atoms with Crippen molar-refractivity contribution in [3.05, 3.63) is 77.1 Å². The number of benzene rings is 2. The number of nitriles is 1. The Hall–Kier alpha value is -3.13. The molecule has 23 heavy (non-hydrogen) atoms. The minimum absolute atomic E-state index is 0.256. The first-order valence-corrected chi connectivity index (χ1v) is 7.32. The number of ether oxygens (including phenoxy) is 1. The van der Waals surface area contributed by atoms with Crippen LogP contribution in [0.3, 0.4) is 0 Å². The van der Waals surface area contributed by atoms with Crippen molar-refractivity contribution >= 4 is 0 Å². The van der Waals surface area contributed by atoms with Crippen molar-refractivity contribution in [3.8, 4) is 11.8 Å². The van der Waals surface area contributed by atoms with Gasteiger partial charge >= 0.3 is 0 Å². The van der Waals surface area contributed by atoms with E-state index in [0.717, 1.165) is 11.3 Å². The molecule has 0 aliphatic carbocycles. The van der Waals surface area contributed by atoms with Crippen molar-refractivity contribution in [2.24, 2.45) is 0 Å². The highest BCUT2D eigenvalue weighted by molar-refractivity contribution is 5.29. The number of hydrogen-bond donors (Lipinski definition) is 0. The summed E-state index contributed by atoms with van der Waals surface area (Å²) in [6.07, 6.45) is 0. The first kappa shape index (κ1) is 14.8. The van der Waals surface area contributed by atoms with Crippen molar-refractivity contribution in [1.29, 1.82) is 5.26 Å². The van der Waals surface area contributed by atoms with Gasteiger partial charge in [-0.25, -0.2) is 4.68 Å². The average molecular weight is 304 g/mol. The molecule has 0 saturated carbocycles. The highest BCUT2D eigenvalue weighted by Crippen LogP contribution is 2.15. The standard InChI is InChI=1S/C18H16N4O/c1-14-7-9-16(10-8-14)23-13-18-17(11-19)20-21-22(18)12-15-5-3-2-4-6-15/h2-10H,12-13H2,1H3. The van der Waals surface area contributed by atoms with Gasteiger partial charge in [-0.05, 0) is 24.6 Å². The van der Waals surface area contributed by atoms with E-state index in [1.54, 1.807) is 4.68 Å². The lowest BCUT2D eigenvalue weighted by Gasteiger charge is -2.09. The van der Waals surface area contributed by atoms with E-state index < -0.39 is 0 Å². The van der Waals surface area contributed by atoms with Crippen LogP contribution < -0.4 is 4.74 Å². The maximum absolute atomic E-state index is 9.21. The molecular formula is C18H16N4O. The molecule has 0 aliphatic rings. The summed E-state index contributed by atoms with van der Waals surface area (Å²) >= 11 is 0. The van der Waals surface area contributed by atoms with E-state index in [9.17, 15) is 5.26 Å². The molecule has 0 saturated heterocycles. The van der Waals surface area contributed by atoms with Crippen LogP contribution in [0.1, 0.15) is 22.5 Å². The SMILES string of the molecule is Cc1ccc(OCc2c(C#N)nnn2Cc2ccccc2)cc1. The van der Waals surface area contributed by atoms with Crippen LogP contribution in [-0.2, 0) is 13.2 Å². The lowest BCUT2D eigenvalue weighted by molar-refractivity contribution is 0.293. The molecule has 0 fully saturated rings. The molecule has 0 bridgehead atoms. The van der Waals surface area contributed by atoms with Gasteiger partial charge in [-0.1, -0.05) is 53.2 Å². The van der Waals surface area contributed by atoms with E-state index in [1.165, 1.54) is 5.56 Å². The summed E-state index contributed by atoms with van der Waals surface area (Å²) in [7, 11) is 0. The molecule has 0 N–H and O–H groups in total. The number of hydrogen-bond acceptors (Lipinski definition) is 4. The van der Waals surface area contributed by atoms with Gasteiger partial charge in [-0.3, -0.25) is 0 Å². The summed E-state index contributed by atoms with van der Waals surface area (Å²) < 4.78 is 7.48. The fraction of sp³-hybridized carbons (Fsp3) is 0.167. The topological polar surface area (TPSA) is 63.7 Å². The second kappa shape index (κ2) is 6.75. The highest BCUT2D eigenvalue weighted by Gasteiger charge is 2.13. The van der Waals surface area contributed by atoms with Crippen molar-refractivity contribution < 1.29 is 4.74 Å². The molecular weight excluding hydrogens is 288 g/mol. The Labute approximate surface area is 134 Å². The predicted octanol–water partition coefficient (Wildman–Crippen LogP) is 3.09. The molecule has 1 aromatic heterocycles. The minimum atomic E-state index is 0.256. The Bertz CT molecular complexity index is 816. The lowest BCUT2D eigenvalue weighted by atomic mass is 10.2. The molecule has 3 rings (SSSR count). The molecule has 5 nitrogen and oxygen atoms in total. The fourth-order valence-corrected chi connectivity index (χ4v) is 2.23.